The molecule has 0 fully saturated rings. The maximum Gasteiger partial charge on any atom is 0.0781 e. The minimum atomic E-state index is -1.47. The molecular formula is C6H2F3Zn-. The molecule has 0 heterocycles. The first kappa shape index (κ1) is 9.63. The van der Waals surface area contributed by atoms with Crippen LogP contribution < -0.4 is 0 Å². The van der Waals surface area contributed by atoms with Gasteiger partial charge in [0, 0.05) is 25.3 Å². The smallest absolute Gasteiger partial charge is 0.0781 e. The second-order valence-corrected chi connectivity index (χ2v) is 1.45. The Labute approximate surface area is 68.8 Å². The van der Waals surface area contributed by atoms with Crippen molar-refractivity contribution in [3.8, 4) is 0 Å². The minimum absolute atomic E-state index is 0. The van der Waals surface area contributed by atoms with Crippen molar-refractivity contribution in [1.29, 1.82) is 0 Å². The van der Waals surface area contributed by atoms with Crippen molar-refractivity contribution in [2.24, 2.45) is 0 Å². The monoisotopic (exact) mass is 195 g/mol. The van der Waals surface area contributed by atoms with Crippen molar-refractivity contribution in [2.75, 3.05) is 0 Å². The van der Waals surface area contributed by atoms with Crippen LogP contribution in [0.2, 0.25) is 0 Å². The van der Waals surface area contributed by atoms with Crippen LogP contribution in [0.25, 0.3) is 0 Å². The molecule has 0 N–H and O–H groups in total. The van der Waals surface area contributed by atoms with E-state index in [1.54, 1.807) is 0 Å². The molecule has 0 aliphatic rings. The molecule has 0 saturated heterocycles. The molecule has 0 aromatic heterocycles. The van der Waals surface area contributed by atoms with Crippen LogP contribution in [0.4, 0.5) is 13.2 Å². The molecule has 0 amide bonds. The van der Waals surface area contributed by atoms with Crippen LogP contribution in [0.1, 0.15) is 0 Å². The summed E-state index contributed by atoms with van der Waals surface area (Å²) in [7, 11) is 0. The van der Waals surface area contributed by atoms with Crippen molar-refractivity contribution < 1.29 is 32.6 Å². The fourth-order valence-electron chi connectivity index (χ4n) is 0.429. The van der Waals surface area contributed by atoms with Gasteiger partial charge in [-0.3, -0.25) is 4.39 Å². The first-order chi connectivity index (χ1) is 4.22. The summed E-state index contributed by atoms with van der Waals surface area (Å²) in [6, 6.07) is 3.64. The van der Waals surface area contributed by atoms with Gasteiger partial charge in [0.05, 0.1) is 11.6 Å². The maximum atomic E-state index is 11.9. The van der Waals surface area contributed by atoms with Gasteiger partial charge < -0.3 is 0 Å². The Morgan fingerprint density at radius 3 is 2.20 bits per heavy atom. The summed E-state index contributed by atoms with van der Waals surface area (Å²) in [6.45, 7) is 0. The summed E-state index contributed by atoms with van der Waals surface area (Å²) in [5.41, 5.74) is 0. The van der Waals surface area contributed by atoms with E-state index >= 15 is 0 Å². The minimum Gasteiger partial charge on any atom is -0.278 e. The molecule has 50 valence electrons. The molecule has 1 aromatic carbocycles. The number of hydrogen-bond donors (Lipinski definition) is 0. The summed E-state index contributed by atoms with van der Waals surface area (Å²) < 4.78 is 35.8. The number of rotatable bonds is 0. The SMILES string of the molecule is Fc1[c-]ccc(F)c1F.[Zn]. The summed E-state index contributed by atoms with van der Waals surface area (Å²) in [5, 5.41) is 0. The van der Waals surface area contributed by atoms with Gasteiger partial charge in [-0.15, -0.1) is 12.1 Å². The van der Waals surface area contributed by atoms with E-state index < -0.39 is 17.5 Å². The number of benzene rings is 1. The molecule has 0 nitrogen and oxygen atoms in total. The summed E-state index contributed by atoms with van der Waals surface area (Å²) in [4.78, 5) is 0. The zero-order chi connectivity index (χ0) is 6.85. The molecule has 0 aliphatic carbocycles. The van der Waals surface area contributed by atoms with Crippen molar-refractivity contribution in [3.05, 3.63) is 35.7 Å². The first-order valence-electron chi connectivity index (χ1n) is 2.23. The topological polar surface area (TPSA) is 0 Å². The Balaban J connectivity index is 0.000000810. The zero-order valence-corrected chi connectivity index (χ0v) is 7.96. The Kier molecular flexibility index (Phi) is 3.58. The van der Waals surface area contributed by atoms with Crippen LogP contribution in [-0.2, 0) is 19.5 Å². The van der Waals surface area contributed by atoms with E-state index in [2.05, 4.69) is 0 Å². The Morgan fingerprint density at radius 2 is 1.80 bits per heavy atom. The van der Waals surface area contributed by atoms with Crippen molar-refractivity contribution in [1.82, 2.24) is 0 Å². The molecule has 4 heteroatoms. The quantitative estimate of drug-likeness (QED) is 0.338. The fourth-order valence-corrected chi connectivity index (χ4v) is 0.429. The van der Waals surface area contributed by atoms with Crippen LogP contribution in [0.3, 0.4) is 0 Å². The van der Waals surface area contributed by atoms with E-state index in [4.69, 9.17) is 0 Å². The predicted molar refractivity (Wildman–Crippen MR) is 25.2 cm³/mol. The largest absolute Gasteiger partial charge is 0.278 e. The van der Waals surface area contributed by atoms with Crippen molar-refractivity contribution in [3.63, 3.8) is 0 Å². The fraction of sp³-hybridized carbons (Fsp3) is 0. The standard InChI is InChI=1S/C6H2F3.Zn/c7-4-2-1-3-5(8)6(4)9;/h1-2H;/q-1;. The molecule has 0 radical (unpaired) electrons. The Bertz CT molecular complexity index is 204. The third kappa shape index (κ3) is 1.81. The summed E-state index contributed by atoms with van der Waals surface area (Å²) in [6.07, 6.45) is 0. The van der Waals surface area contributed by atoms with Gasteiger partial charge in [0.1, 0.15) is 0 Å². The number of halogens is 3. The maximum absolute atomic E-state index is 11.9. The van der Waals surface area contributed by atoms with Crippen LogP contribution in [-0.4, -0.2) is 0 Å². The molecule has 0 aliphatic heterocycles. The van der Waals surface area contributed by atoms with E-state index in [0.29, 0.717) is 0 Å². The molecular weight excluding hydrogens is 194 g/mol. The van der Waals surface area contributed by atoms with Gasteiger partial charge in [-0.1, -0.05) is 0 Å². The number of hydrogen-bond acceptors (Lipinski definition) is 0. The summed E-state index contributed by atoms with van der Waals surface area (Å²) >= 11 is 0. The Morgan fingerprint density at radius 1 is 1.20 bits per heavy atom. The van der Waals surface area contributed by atoms with Gasteiger partial charge in [0.2, 0.25) is 0 Å². The van der Waals surface area contributed by atoms with Crippen LogP contribution >= 0.6 is 0 Å². The van der Waals surface area contributed by atoms with E-state index in [1.807, 2.05) is 6.07 Å². The second-order valence-electron chi connectivity index (χ2n) is 1.45. The molecule has 0 unspecified atom stereocenters. The van der Waals surface area contributed by atoms with E-state index in [1.165, 1.54) is 0 Å². The van der Waals surface area contributed by atoms with Crippen molar-refractivity contribution in [2.45, 2.75) is 0 Å². The van der Waals surface area contributed by atoms with E-state index in [0.717, 1.165) is 12.1 Å². The average Bonchev–Trinajstić information content (AvgIpc) is 1.83. The second kappa shape index (κ2) is 3.72. The van der Waals surface area contributed by atoms with Gasteiger partial charge in [-0.05, 0) is 0 Å². The van der Waals surface area contributed by atoms with E-state index in [-0.39, 0.29) is 19.5 Å². The normalized spacial score (nSPS) is 8.70. The molecule has 10 heavy (non-hydrogen) atoms. The first-order valence-corrected chi connectivity index (χ1v) is 2.23. The molecule has 0 saturated carbocycles. The average molecular weight is 196 g/mol. The third-order valence-electron chi connectivity index (χ3n) is 0.842. The van der Waals surface area contributed by atoms with Crippen molar-refractivity contribution >= 4 is 0 Å². The zero-order valence-electron chi connectivity index (χ0n) is 5.00. The molecule has 1 rings (SSSR count). The van der Waals surface area contributed by atoms with Gasteiger partial charge in [-0.2, -0.15) is 6.07 Å². The molecule has 0 atom stereocenters. The van der Waals surface area contributed by atoms with Gasteiger partial charge in [-0.25, -0.2) is 8.78 Å². The van der Waals surface area contributed by atoms with Crippen LogP contribution in [0.15, 0.2) is 12.1 Å². The van der Waals surface area contributed by atoms with Gasteiger partial charge in [0.25, 0.3) is 0 Å². The van der Waals surface area contributed by atoms with Gasteiger partial charge in [0.15, 0.2) is 0 Å². The van der Waals surface area contributed by atoms with Crippen LogP contribution in [0.5, 0.6) is 0 Å². The predicted octanol–water partition coefficient (Wildman–Crippen LogP) is 1.90. The molecule has 0 spiro atoms. The van der Waals surface area contributed by atoms with Gasteiger partial charge >= 0.3 is 0 Å². The molecule has 1 aromatic rings. The molecule has 0 bridgehead atoms. The Hall–Kier alpha value is -0.367. The van der Waals surface area contributed by atoms with Crippen LogP contribution in [0, 0.1) is 23.5 Å². The third-order valence-corrected chi connectivity index (χ3v) is 0.842. The van der Waals surface area contributed by atoms with E-state index in [9.17, 15) is 13.2 Å². The summed E-state index contributed by atoms with van der Waals surface area (Å²) in [5.74, 6) is -3.95.